The molecular formula is C9H16F3N3O2S. The summed E-state index contributed by atoms with van der Waals surface area (Å²) in [6.45, 7) is 0.118. The molecule has 0 spiro atoms. The fourth-order valence-electron chi connectivity index (χ4n) is 1.47. The van der Waals surface area contributed by atoms with Crippen LogP contribution in [0.15, 0.2) is 11.6 Å². The Hall–Kier alpha value is -0.640. The molecule has 0 bridgehead atoms. The van der Waals surface area contributed by atoms with E-state index in [1.165, 1.54) is 4.72 Å². The molecule has 3 N–H and O–H groups in total. The first-order valence-corrected chi connectivity index (χ1v) is 6.96. The van der Waals surface area contributed by atoms with E-state index in [1.54, 1.807) is 0 Å². The minimum Gasteiger partial charge on any atom is -0.313 e. The zero-order chi connectivity index (χ0) is 13.6. The number of hydrogen-bond donors (Lipinski definition) is 3. The molecule has 0 unspecified atom stereocenters. The number of halogens is 3. The second kappa shape index (κ2) is 6.50. The van der Waals surface area contributed by atoms with Crippen molar-refractivity contribution < 1.29 is 21.6 Å². The average Bonchev–Trinajstić information content (AvgIpc) is 2.27. The summed E-state index contributed by atoms with van der Waals surface area (Å²) >= 11 is 0. The van der Waals surface area contributed by atoms with Crippen LogP contribution >= 0.6 is 0 Å². The molecule has 0 saturated carbocycles. The van der Waals surface area contributed by atoms with E-state index in [2.05, 4.69) is 10.0 Å². The van der Waals surface area contributed by atoms with Crippen molar-refractivity contribution in [2.45, 2.75) is 19.0 Å². The van der Waals surface area contributed by atoms with E-state index < -0.39 is 22.9 Å². The monoisotopic (exact) mass is 287 g/mol. The molecule has 18 heavy (non-hydrogen) atoms. The predicted molar refractivity (Wildman–Crippen MR) is 61.2 cm³/mol. The van der Waals surface area contributed by atoms with E-state index in [0.717, 1.165) is 25.1 Å². The molecule has 0 saturated heterocycles. The maximum absolute atomic E-state index is 11.8. The molecule has 0 amide bonds. The van der Waals surface area contributed by atoms with Crippen LogP contribution in [0.2, 0.25) is 0 Å². The van der Waals surface area contributed by atoms with E-state index in [4.69, 9.17) is 0 Å². The van der Waals surface area contributed by atoms with Crippen LogP contribution in [-0.2, 0) is 10.2 Å². The Morgan fingerprint density at radius 3 is 2.61 bits per heavy atom. The third-order valence-corrected chi connectivity index (χ3v) is 3.47. The van der Waals surface area contributed by atoms with Gasteiger partial charge in [0.15, 0.2) is 0 Å². The van der Waals surface area contributed by atoms with Crippen LogP contribution in [0.4, 0.5) is 13.2 Å². The third kappa shape index (κ3) is 6.94. The zero-order valence-electron chi connectivity index (χ0n) is 9.68. The standard InChI is InChI=1S/C9H16F3N3O2S/c10-9(11,12)7-15-18(16,17)14-6-3-8-1-4-13-5-2-8/h1,13-15H,2-7H2. The number of rotatable bonds is 6. The summed E-state index contributed by atoms with van der Waals surface area (Å²) in [6, 6.07) is 0. The lowest BCUT2D eigenvalue weighted by atomic mass is 10.1. The van der Waals surface area contributed by atoms with Gasteiger partial charge in [-0.05, 0) is 19.4 Å². The first-order chi connectivity index (χ1) is 8.29. The van der Waals surface area contributed by atoms with Gasteiger partial charge in [-0.25, -0.2) is 4.72 Å². The summed E-state index contributed by atoms with van der Waals surface area (Å²) in [7, 11) is -4.08. The quantitative estimate of drug-likeness (QED) is 0.615. The zero-order valence-corrected chi connectivity index (χ0v) is 10.5. The Bertz CT molecular complexity index is 392. The first-order valence-electron chi connectivity index (χ1n) is 5.48. The maximum atomic E-state index is 11.8. The van der Waals surface area contributed by atoms with Crippen molar-refractivity contribution >= 4 is 10.2 Å². The van der Waals surface area contributed by atoms with Gasteiger partial charge < -0.3 is 5.32 Å². The van der Waals surface area contributed by atoms with Crippen molar-refractivity contribution in [1.82, 2.24) is 14.8 Å². The van der Waals surface area contributed by atoms with E-state index in [-0.39, 0.29) is 6.54 Å². The highest BCUT2D eigenvalue weighted by molar-refractivity contribution is 7.87. The summed E-state index contributed by atoms with van der Waals surface area (Å²) in [5.74, 6) is 0. The topological polar surface area (TPSA) is 70.2 Å². The van der Waals surface area contributed by atoms with Gasteiger partial charge in [-0.1, -0.05) is 11.6 Å². The summed E-state index contributed by atoms with van der Waals surface area (Å²) in [4.78, 5) is 0. The lowest BCUT2D eigenvalue weighted by Crippen LogP contribution is -2.41. The number of hydrogen-bond acceptors (Lipinski definition) is 3. The van der Waals surface area contributed by atoms with Crippen LogP contribution in [0, 0.1) is 0 Å². The predicted octanol–water partition coefficient (Wildman–Crippen LogP) is 0.282. The van der Waals surface area contributed by atoms with Crippen LogP contribution in [0.5, 0.6) is 0 Å². The van der Waals surface area contributed by atoms with Gasteiger partial charge in [0, 0.05) is 13.1 Å². The normalized spacial score (nSPS) is 17.6. The van der Waals surface area contributed by atoms with Gasteiger partial charge in [0.25, 0.3) is 10.2 Å². The largest absolute Gasteiger partial charge is 0.402 e. The van der Waals surface area contributed by atoms with Crippen molar-refractivity contribution in [3.8, 4) is 0 Å². The van der Waals surface area contributed by atoms with Crippen LogP contribution in [0.25, 0.3) is 0 Å². The molecule has 1 heterocycles. The molecule has 106 valence electrons. The Labute approximate surface area is 104 Å². The minimum atomic E-state index is -4.55. The van der Waals surface area contributed by atoms with Gasteiger partial charge in [-0.2, -0.15) is 26.3 Å². The Balaban J connectivity index is 2.27. The van der Waals surface area contributed by atoms with Crippen LogP contribution in [0.1, 0.15) is 12.8 Å². The summed E-state index contributed by atoms with van der Waals surface area (Å²) in [5, 5.41) is 3.11. The van der Waals surface area contributed by atoms with Gasteiger partial charge in [-0.3, -0.25) is 0 Å². The summed E-state index contributed by atoms with van der Waals surface area (Å²) in [6.07, 6.45) is -1.25. The van der Waals surface area contributed by atoms with Gasteiger partial charge in [0.2, 0.25) is 0 Å². The van der Waals surface area contributed by atoms with Crippen molar-refractivity contribution in [3.05, 3.63) is 11.6 Å². The van der Waals surface area contributed by atoms with Crippen molar-refractivity contribution in [1.29, 1.82) is 0 Å². The Morgan fingerprint density at radius 2 is 2.06 bits per heavy atom. The van der Waals surface area contributed by atoms with Crippen molar-refractivity contribution in [3.63, 3.8) is 0 Å². The molecule has 0 aromatic rings. The van der Waals surface area contributed by atoms with E-state index in [1.807, 2.05) is 6.08 Å². The fraction of sp³-hybridized carbons (Fsp3) is 0.778. The van der Waals surface area contributed by atoms with Gasteiger partial charge in [-0.15, -0.1) is 0 Å². The summed E-state index contributed by atoms with van der Waals surface area (Å²) in [5.41, 5.74) is 1.10. The van der Waals surface area contributed by atoms with E-state index >= 15 is 0 Å². The Morgan fingerprint density at radius 1 is 1.33 bits per heavy atom. The van der Waals surface area contributed by atoms with Crippen molar-refractivity contribution in [2.24, 2.45) is 0 Å². The molecule has 0 aliphatic carbocycles. The molecule has 0 aromatic heterocycles. The molecule has 1 aliphatic heterocycles. The van der Waals surface area contributed by atoms with Crippen LogP contribution in [0.3, 0.4) is 0 Å². The molecule has 9 heteroatoms. The third-order valence-electron chi connectivity index (χ3n) is 2.36. The molecule has 1 aliphatic rings. The lowest BCUT2D eigenvalue weighted by molar-refractivity contribution is -0.121. The second-order valence-corrected chi connectivity index (χ2v) is 5.48. The molecule has 5 nitrogen and oxygen atoms in total. The molecular weight excluding hydrogens is 271 g/mol. The number of alkyl halides is 3. The molecule has 0 atom stereocenters. The SMILES string of the molecule is O=S(=O)(NCCC1=CCNCC1)NCC(F)(F)F. The van der Waals surface area contributed by atoms with Crippen molar-refractivity contribution in [2.75, 3.05) is 26.2 Å². The smallest absolute Gasteiger partial charge is 0.313 e. The maximum Gasteiger partial charge on any atom is 0.402 e. The highest BCUT2D eigenvalue weighted by Gasteiger charge is 2.29. The molecule has 1 rings (SSSR count). The van der Waals surface area contributed by atoms with E-state index in [9.17, 15) is 21.6 Å². The highest BCUT2D eigenvalue weighted by atomic mass is 32.2. The second-order valence-electron chi connectivity index (χ2n) is 3.90. The highest BCUT2D eigenvalue weighted by Crippen LogP contribution is 2.12. The van der Waals surface area contributed by atoms with Gasteiger partial charge >= 0.3 is 6.18 Å². The van der Waals surface area contributed by atoms with E-state index in [0.29, 0.717) is 6.42 Å². The van der Waals surface area contributed by atoms with Crippen LogP contribution < -0.4 is 14.8 Å². The fourth-order valence-corrected chi connectivity index (χ4v) is 2.30. The Kier molecular flexibility index (Phi) is 5.57. The first kappa shape index (κ1) is 15.4. The van der Waals surface area contributed by atoms with Crippen LogP contribution in [-0.4, -0.2) is 40.8 Å². The molecule has 0 fully saturated rings. The van der Waals surface area contributed by atoms with Gasteiger partial charge in [0.05, 0.1) is 0 Å². The molecule has 0 aromatic carbocycles. The summed E-state index contributed by atoms with van der Waals surface area (Å²) < 4.78 is 61.3. The van der Waals surface area contributed by atoms with Gasteiger partial charge in [0.1, 0.15) is 6.54 Å². The number of nitrogens with one attached hydrogen (secondary N) is 3. The average molecular weight is 287 g/mol. The lowest BCUT2D eigenvalue weighted by Gasteiger charge is -2.14. The molecule has 0 radical (unpaired) electrons. The minimum absolute atomic E-state index is 0.0963.